The van der Waals surface area contributed by atoms with Crippen molar-refractivity contribution in [2.75, 3.05) is 0 Å². The molecule has 0 bridgehead atoms. The van der Waals surface area contributed by atoms with Crippen LogP contribution in [-0.4, -0.2) is 0 Å². The highest BCUT2D eigenvalue weighted by molar-refractivity contribution is 6.21. The highest BCUT2D eigenvalue weighted by Crippen LogP contribution is 2.40. The largest absolute Gasteiger partial charge is 0.118 e. The average Bonchev–Trinajstić information content (AvgIpc) is 2.47. The van der Waals surface area contributed by atoms with Crippen LogP contribution in [0.4, 0.5) is 0 Å². The molecule has 0 fully saturated rings. The van der Waals surface area contributed by atoms with Gasteiger partial charge in [-0.1, -0.05) is 44.0 Å². The van der Waals surface area contributed by atoms with Crippen LogP contribution in [0.3, 0.4) is 0 Å². The van der Waals surface area contributed by atoms with Crippen molar-refractivity contribution in [2.45, 2.75) is 50.8 Å². The van der Waals surface area contributed by atoms with Crippen LogP contribution in [-0.2, 0) is 6.42 Å². The van der Waals surface area contributed by atoms with E-state index in [1.165, 1.54) is 49.7 Å². The van der Waals surface area contributed by atoms with E-state index >= 15 is 0 Å². The monoisotopic (exact) mass is 236 g/mol. The van der Waals surface area contributed by atoms with Crippen LogP contribution in [0.2, 0.25) is 0 Å². The summed E-state index contributed by atoms with van der Waals surface area (Å²) in [5, 5.41) is 0.241. The van der Waals surface area contributed by atoms with Gasteiger partial charge in [0.2, 0.25) is 0 Å². The third-order valence-electron chi connectivity index (χ3n) is 3.72. The van der Waals surface area contributed by atoms with Gasteiger partial charge < -0.3 is 0 Å². The fraction of sp³-hybridized carbons (Fsp3) is 0.600. The van der Waals surface area contributed by atoms with Gasteiger partial charge in [-0.15, -0.1) is 11.6 Å². The summed E-state index contributed by atoms with van der Waals surface area (Å²) < 4.78 is 0. The summed E-state index contributed by atoms with van der Waals surface area (Å²) in [6, 6.07) is 8.72. The van der Waals surface area contributed by atoms with E-state index in [-0.39, 0.29) is 5.38 Å². The minimum atomic E-state index is 0.241. The molecule has 0 N–H and O–H groups in total. The molecule has 0 amide bonds. The van der Waals surface area contributed by atoms with Crippen molar-refractivity contribution in [3.63, 3.8) is 0 Å². The summed E-state index contributed by atoms with van der Waals surface area (Å²) in [6.45, 7) is 2.26. The first kappa shape index (κ1) is 12.0. The summed E-state index contributed by atoms with van der Waals surface area (Å²) in [6.07, 6.45) is 7.69. The molecule has 1 aromatic carbocycles. The first-order valence-corrected chi connectivity index (χ1v) is 6.98. The molecule has 0 radical (unpaired) electrons. The van der Waals surface area contributed by atoms with E-state index in [1.807, 2.05) is 0 Å². The molecule has 2 rings (SSSR count). The Hall–Kier alpha value is -0.490. The Morgan fingerprint density at radius 3 is 2.94 bits per heavy atom. The van der Waals surface area contributed by atoms with Crippen molar-refractivity contribution in [1.82, 2.24) is 0 Å². The molecule has 0 heterocycles. The lowest BCUT2D eigenvalue weighted by atomic mass is 9.91. The van der Waals surface area contributed by atoms with Crippen molar-refractivity contribution < 1.29 is 0 Å². The highest BCUT2D eigenvalue weighted by Gasteiger charge is 2.25. The normalized spacial score (nSPS) is 24.9. The quantitative estimate of drug-likeness (QED) is 0.505. The van der Waals surface area contributed by atoms with E-state index in [9.17, 15) is 0 Å². The van der Waals surface area contributed by atoms with Gasteiger partial charge in [-0.3, -0.25) is 0 Å². The van der Waals surface area contributed by atoms with Gasteiger partial charge in [-0.05, 0) is 42.7 Å². The van der Waals surface area contributed by atoms with Gasteiger partial charge in [-0.2, -0.15) is 0 Å². The van der Waals surface area contributed by atoms with Gasteiger partial charge in [0.1, 0.15) is 0 Å². The smallest absolute Gasteiger partial charge is 0.0616 e. The first-order valence-electron chi connectivity index (χ1n) is 6.54. The molecule has 1 aliphatic carbocycles. The molecule has 2 unspecified atom stereocenters. The molecule has 0 saturated heterocycles. The zero-order chi connectivity index (χ0) is 11.4. The van der Waals surface area contributed by atoms with E-state index in [0.29, 0.717) is 5.92 Å². The molecule has 1 aromatic rings. The molecule has 16 heavy (non-hydrogen) atoms. The Labute approximate surface area is 104 Å². The van der Waals surface area contributed by atoms with Gasteiger partial charge >= 0.3 is 0 Å². The second-order valence-corrected chi connectivity index (χ2v) is 5.37. The van der Waals surface area contributed by atoms with Gasteiger partial charge in [0.25, 0.3) is 0 Å². The number of hydrogen-bond acceptors (Lipinski definition) is 0. The van der Waals surface area contributed by atoms with E-state index < -0.39 is 0 Å². The molecule has 1 aliphatic rings. The van der Waals surface area contributed by atoms with Gasteiger partial charge in [0.05, 0.1) is 5.38 Å². The lowest BCUT2D eigenvalue weighted by molar-refractivity contribution is 0.420. The zero-order valence-corrected chi connectivity index (χ0v) is 10.8. The van der Waals surface area contributed by atoms with Crippen LogP contribution in [0, 0.1) is 5.92 Å². The number of hydrogen-bond donors (Lipinski definition) is 0. The summed E-state index contributed by atoms with van der Waals surface area (Å²) in [5.41, 5.74) is 2.87. The Kier molecular flexibility index (Phi) is 4.29. The summed E-state index contributed by atoms with van der Waals surface area (Å²) in [5.74, 6) is 0.685. The number of unbranched alkanes of at least 4 members (excludes halogenated alkanes) is 1. The fourth-order valence-electron chi connectivity index (χ4n) is 2.74. The van der Waals surface area contributed by atoms with Crippen molar-refractivity contribution >= 4 is 11.6 Å². The van der Waals surface area contributed by atoms with E-state index in [4.69, 9.17) is 11.6 Å². The molecule has 0 spiro atoms. The van der Waals surface area contributed by atoms with Gasteiger partial charge in [-0.25, -0.2) is 0 Å². The molecular weight excluding hydrogens is 216 g/mol. The van der Waals surface area contributed by atoms with Crippen LogP contribution in [0.15, 0.2) is 24.3 Å². The molecule has 0 nitrogen and oxygen atoms in total. The zero-order valence-electron chi connectivity index (χ0n) is 10.1. The Bertz CT molecular complexity index is 330. The summed E-state index contributed by atoms with van der Waals surface area (Å²) >= 11 is 6.65. The van der Waals surface area contributed by atoms with E-state index in [2.05, 4.69) is 31.2 Å². The number of halogens is 1. The molecule has 2 atom stereocenters. The second kappa shape index (κ2) is 5.72. The van der Waals surface area contributed by atoms with Crippen LogP contribution < -0.4 is 0 Å². The number of fused-ring (bicyclic) bond motifs is 1. The number of aryl methyl sites for hydroxylation is 1. The molecule has 0 saturated carbocycles. The van der Waals surface area contributed by atoms with Crippen LogP contribution in [0.5, 0.6) is 0 Å². The second-order valence-electron chi connectivity index (χ2n) is 4.90. The molecule has 1 heteroatoms. The predicted octanol–water partition coefficient (Wildman–Crippen LogP) is 5.11. The maximum Gasteiger partial charge on any atom is 0.0616 e. The SMILES string of the molecule is CCCCC1CCCc2ccccc2C1Cl. The van der Waals surface area contributed by atoms with Crippen LogP contribution in [0.1, 0.15) is 55.5 Å². The van der Waals surface area contributed by atoms with Crippen LogP contribution >= 0.6 is 11.6 Å². The van der Waals surface area contributed by atoms with Crippen molar-refractivity contribution in [1.29, 1.82) is 0 Å². The average molecular weight is 237 g/mol. The lowest BCUT2D eigenvalue weighted by Gasteiger charge is -2.20. The summed E-state index contributed by atoms with van der Waals surface area (Å²) in [7, 11) is 0. The number of benzene rings is 1. The van der Waals surface area contributed by atoms with Crippen molar-refractivity contribution in [2.24, 2.45) is 5.92 Å². The molecular formula is C15H21Cl. The highest BCUT2D eigenvalue weighted by atomic mass is 35.5. The molecule has 88 valence electrons. The fourth-order valence-corrected chi connectivity index (χ4v) is 3.21. The number of alkyl halides is 1. The maximum atomic E-state index is 6.65. The van der Waals surface area contributed by atoms with Crippen molar-refractivity contribution in [3.8, 4) is 0 Å². The van der Waals surface area contributed by atoms with Gasteiger partial charge in [0, 0.05) is 0 Å². The Balaban J connectivity index is 2.16. The van der Waals surface area contributed by atoms with E-state index in [1.54, 1.807) is 0 Å². The standard InChI is InChI=1S/C15H21Cl/c1-2-3-7-13-10-6-9-12-8-4-5-11-14(12)15(13)16/h4-5,8,11,13,15H,2-3,6-7,9-10H2,1H3. The molecule has 0 aromatic heterocycles. The third-order valence-corrected chi connectivity index (χ3v) is 4.31. The van der Waals surface area contributed by atoms with Crippen LogP contribution in [0.25, 0.3) is 0 Å². The Morgan fingerprint density at radius 2 is 2.12 bits per heavy atom. The van der Waals surface area contributed by atoms with E-state index in [0.717, 1.165) is 0 Å². The molecule has 0 aliphatic heterocycles. The number of rotatable bonds is 3. The minimum Gasteiger partial charge on any atom is -0.118 e. The minimum absolute atomic E-state index is 0.241. The maximum absolute atomic E-state index is 6.65. The predicted molar refractivity (Wildman–Crippen MR) is 71.0 cm³/mol. The van der Waals surface area contributed by atoms with Gasteiger partial charge in [0.15, 0.2) is 0 Å². The van der Waals surface area contributed by atoms with Crippen molar-refractivity contribution in [3.05, 3.63) is 35.4 Å². The Morgan fingerprint density at radius 1 is 1.31 bits per heavy atom. The first-order chi connectivity index (χ1) is 7.83. The lowest BCUT2D eigenvalue weighted by Crippen LogP contribution is -2.07. The topological polar surface area (TPSA) is 0 Å². The third kappa shape index (κ3) is 2.60. The summed E-state index contributed by atoms with van der Waals surface area (Å²) in [4.78, 5) is 0.